The number of imidazole rings is 1. The van der Waals surface area contributed by atoms with Gasteiger partial charge in [-0.3, -0.25) is 13.9 Å². The van der Waals surface area contributed by atoms with Gasteiger partial charge in [0.05, 0.1) is 44.1 Å². The number of halogens is 2. The fraction of sp³-hybridized carbons (Fsp3) is 0.250. The summed E-state index contributed by atoms with van der Waals surface area (Å²) in [7, 11) is 7.77. The zero-order valence-corrected chi connectivity index (χ0v) is 22.2. The molecule has 194 valence electrons. The van der Waals surface area contributed by atoms with E-state index in [9.17, 15) is 9.59 Å². The van der Waals surface area contributed by atoms with Crippen LogP contribution in [0.1, 0.15) is 11.1 Å². The van der Waals surface area contributed by atoms with Gasteiger partial charge in [0.1, 0.15) is 0 Å². The number of nitrogens with one attached hydrogen (secondary N) is 1. The summed E-state index contributed by atoms with van der Waals surface area (Å²) in [5.74, 6) is 1.67. The zero-order valence-electron chi connectivity index (χ0n) is 20.7. The average molecular weight is 547 g/mol. The normalized spacial score (nSPS) is 11.3. The number of hydrogen-bond acceptors (Lipinski definition) is 8. The van der Waals surface area contributed by atoms with Crippen molar-refractivity contribution in [2.45, 2.75) is 6.54 Å². The number of hydrogen-bond donors (Lipinski definition) is 1. The van der Waals surface area contributed by atoms with E-state index in [0.29, 0.717) is 38.4 Å². The van der Waals surface area contributed by atoms with Crippen molar-refractivity contribution in [1.29, 1.82) is 0 Å². The van der Waals surface area contributed by atoms with Crippen molar-refractivity contribution in [3.8, 4) is 17.2 Å². The Morgan fingerprint density at radius 1 is 0.973 bits per heavy atom. The largest absolute Gasteiger partial charge is 0.493 e. The highest BCUT2D eigenvalue weighted by atomic mass is 35.5. The molecule has 37 heavy (non-hydrogen) atoms. The fourth-order valence-electron chi connectivity index (χ4n) is 3.84. The molecule has 0 radical (unpaired) electrons. The molecular formula is C24H24Cl2N6O5. The summed E-state index contributed by atoms with van der Waals surface area (Å²) in [5.41, 5.74) is 3.57. The molecule has 13 heteroatoms. The zero-order chi connectivity index (χ0) is 26.9. The van der Waals surface area contributed by atoms with Crippen LogP contribution in [0.5, 0.6) is 17.2 Å². The van der Waals surface area contributed by atoms with Crippen LogP contribution in [0.2, 0.25) is 10.0 Å². The van der Waals surface area contributed by atoms with Gasteiger partial charge in [0.25, 0.3) is 5.56 Å². The first-order valence-corrected chi connectivity index (χ1v) is 11.6. The molecule has 0 amide bonds. The first-order valence-electron chi connectivity index (χ1n) is 10.9. The minimum atomic E-state index is -0.519. The van der Waals surface area contributed by atoms with Gasteiger partial charge in [0.2, 0.25) is 11.7 Å². The molecule has 0 atom stereocenters. The predicted octanol–water partition coefficient (Wildman–Crippen LogP) is 3.26. The van der Waals surface area contributed by atoms with Gasteiger partial charge < -0.3 is 18.8 Å². The number of aryl methyl sites for hydroxylation is 2. The van der Waals surface area contributed by atoms with Gasteiger partial charge >= 0.3 is 5.69 Å². The van der Waals surface area contributed by atoms with Crippen LogP contribution < -0.4 is 30.9 Å². The second kappa shape index (κ2) is 10.6. The van der Waals surface area contributed by atoms with Crippen LogP contribution in [0.3, 0.4) is 0 Å². The summed E-state index contributed by atoms with van der Waals surface area (Å²) < 4.78 is 20.0. The predicted molar refractivity (Wildman–Crippen MR) is 143 cm³/mol. The fourth-order valence-corrected chi connectivity index (χ4v) is 4.16. The van der Waals surface area contributed by atoms with Crippen molar-refractivity contribution >= 4 is 46.5 Å². The Bertz CT molecular complexity index is 1610. The second-order valence-corrected chi connectivity index (χ2v) is 8.79. The molecule has 4 rings (SSSR count). The van der Waals surface area contributed by atoms with Gasteiger partial charge in [0.15, 0.2) is 22.7 Å². The van der Waals surface area contributed by atoms with Crippen LogP contribution in [0.25, 0.3) is 11.2 Å². The molecule has 2 aromatic heterocycles. The lowest BCUT2D eigenvalue weighted by atomic mass is 10.2. The minimum absolute atomic E-state index is 0.0194. The standard InChI is InChI=1S/C24H24Cl2N6O5/c1-30-19-21(31(2)24(34)32(22(19)33)12-13-6-7-15(25)16(26)8-13)28-23(30)29-27-11-14-9-17(35-3)20(37-5)18(10-14)36-4/h6-11H,12H2,1-5H3,(H,28,29). The molecule has 0 fully saturated rings. The molecule has 0 saturated carbocycles. The number of benzene rings is 2. The van der Waals surface area contributed by atoms with E-state index in [2.05, 4.69) is 15.5 Å². The molecule has 0 aliphatic heterocycles. The Morgan fingerprint density at radius 2 is 1.65 bits per heavy atom. The highest BCUT2D eigenvalue weighted by Crippen LogP contribution is 2.37. The number of ether oxygens (including phenoxy) is 3. The molecule has 0 bridgehead atoms. The number of aromatic nitrogens is 4. The van der Waals surface area contributed by atoms with E-state index < -0.39 is 11.2 Å². The molecule has 1 N–H and O–H groups in total. The van der Waals surface area contributed by atoms with E-state index in [0.717, 1.165) is 4.57 Å². The van der Waals surface area contributed by atoms with Crippen molar-refractivity contribution < 1.29 is 14.2 Å². The molecule has 0 saturated heterocycles. The van der Waals surface area contributed by atoms with Crippen molar-refractivity contribution in [2.24, 2.45) is 19.2 Å². The molecule has 11 nitrogen and oxygen atoms in total. The van der Waals surface area contributed by atoms with Gasteiger partial charge in [-0.1, -0.05) is 29.3 Å². The van der Waals surface area contributed by atoms with Crippen molar-refractivity contribution in [2.75, 3.05) is 26.8 Å². The number of hydrazone groups is 1. The minimum Gasteiger partial charge on any atom is -0.493 e. The summed E-state index contributed by atoms with van der Waals surface area (Å²) in [5, 5.41) is 4.95. The highest BCUT2D eigenvalue weighted by molar-refractivity contribution is 6.42. The van der Waals surface area contributed by atoms with Gasteiger partial charge in [-0.25, -0.2) is 10.2 Å². The van der Waals surface area contributed by atoms with Gasteiger partial charge in [-0.05, 0) is 29.8 Å². The molecule has 0 aliphatic carbocycles. The van der Waals surface area contributed by atoms with E-state index >= 15 is 0 Å². The van der Waals surface area contributed by atoms with Gasteiger partial charge in [-0.15, -0.1) is 0 Å². The lowest BCUT2D eigenvalue weighted by Crippen LogP contribution is -2.39. The molecule has 0 aliphatic rings. The number of nitrogens with zero attached hydrogens (tertiary/aromatic N) is 5. The summed E-state index contributed by atoms with van der Waals surface area (Å²) in [6.07, 6.45) is 1.53. The summed E-state index contributed by atoms with van der Waals surface area (Å²) >= 11 is 12.1. The second-order valence-electron chi connectivity index (χ2n) is 7.98. The van der Waals surface area contributed by atoms with Crippen LogP contribution in [-0.4, -0.2) is 46.2 Å². The number of fused-ring (bicyclic) bond motifs is 1. The molecule has 2 heterocycles. The Labute approximate surface area is 221 Å². The maximum absolute atomic E-state index is 13.3. The highest BCUT2D eigenvalue weighted by Gasteiger charge is 2.19. The average Bonchev–Trinajstić information content (AvgIpc) is 3.22. The third kappa shape index (κ3) is 4.87. The molecule has 0 unspecified atom stereocenters. The summed E-state index contributed by atoms with van der Waals surface area (Å²) in [6.45, 7) is 0.0194. The van der Waals surface area contributed by atoms with Crippen molar-refractivity contribution in [1.82, 2.24) is 18.7 Å². The molecular weight excluding hydrogens is 523 g/mol. The topological polar surface area (TPSA) is 114 Å². The van der Waals surface area contributed by atoms with Gasteiger partial charge in [-0.2, -0.15) is 10.1 Å². The maximum Gasteiger partial charge on any atom is 0.332 e. The molecule has 2 aromatic carbocycles. The van der Waals surface area contributed by atoms with Crippen LogP contribution >= 0.6 is 23.2 Å². The third-order valence-electron chi connectivity index (χ3n) is 5.75. The lowest BCUT2D eigenvalue weighted by molar-refractivity contribution is 0.324. The van der Waals surface area contributed by atoms with E-state index in [-0.39, 0.29) is 23.7 Å². The first kappa shape index (κ1) is 26.1. The Balaban J connectivity index is 1.69. The molecule has 4 aromatic rings. The van der Waals surface area contributed by atoms with E-state index in [1.54, 1.807) is 44.4 Å². The number of anilines is 1. The lowest BCUT2D eigenvalue weighted by Gasteiger charge is -2.12. The van der Waals surface area contributed by atoms with E-state index in [4.69, 9.17) is 37.4 Å². The van der Waals surface area contributed by atoms with Crippen molar-refractivity contribution in [3.05, 3.63) is 72.3 Å². The Hall–Kier alpha value is -3.96. The number of methoxy groups -OCH3 is 3. The summed E-state index contributed by atoms with van der Waals surface area (Å²) in [6, 6.07) is 8.40. The van der Waals surface area contributed by atoms with Crippen molar-refractivity contribution in [3.63, 3.8) is 0 Å². The van der Waals surface area contributed by atoms with E-state index in [1.165, 1.54) is 36.7 Å². The third-order valence-corrected chi connectivity index (χ3v) is 6.49. The Kier molecular flexibility index (Phi) is 7.46. The summed E-state index contributed by atoms with van der Waals surface area (Å²) in [4.78, 5) is 30.7. The number of rotatable bonds is 8. The van der Waals surface area contributed by atoms with Crippen LogP contribution in [0, 0.1) is 0 Å². The van der Waals surface area contributed by atoms with Crippen LogP contribution in [0.4, 0.5) is 5.95 Å². The van der Waals surface area contributed by atoms with Crippen LogP contribution in [0.15, 0.2) is 45.0 Å². The quantitative estimate of drug-likeness (QED) is 0.266. The first-order chi connectivity index (χ1) is 17.7. The Morgan fingerprint density at radius 3 is 2.24 bits per heavy atom. The van der Waals surface area contributed by atoms with Crippen LogP contribution in [-0.2, 0) is 20.6 Å². The monoisotopic (exact) mass is 546 g/mol. The maximum atomic E-state index is 13.3. The SMILES string of the molecule is COc1cc(C=NNc2nc3c(c(=O)n(Cc4ccc(Cl)c(Cl)c4)c(=O)n3C)n2C)cc(OC)c1OC. The van der Waals surface area contributed by atoms with Gasteiger partial charge in [0, 0.05) is 19.7 Å². The smallest absolute Gasteiger partial charge is 0.332 e. The van der Waals surface area contributed by atoms with E-state index in [1.807, 2.05) is 0 Å². The molecule has 0 spiro atoms.